The topological polar surface area (TPSA) is 102 Å². The molecule has 8 nitrogen and oxygen atoms in total. The van der Waals surface area contributed by atoms with Crippen molar-refractivity contribution in [2.75, 3.05) is 5.32 Å². The second kappa shape index (κ2) is 9.80. The van der Waals surface area contributed by atoms with Crippen LogP contribution in [0.15, 0.2) is 29.4 Å². The van der Waals surface area contributed by atoms with Crippen molar-refractivity contribution in [3.05, 3.63) is 51.2 Å². The molecule has 164 valence electrons. The molecule has 11 heteroatoms. The highest BCUT2D eigenvalue weighted by molar-refractivity contribution is 8.00. The van der Waals surface area contributed by atoms with E-state index in [2.05, 4.69) is 25.8 Å². The van der Waals surface area contributed by atoms with Crippen LogP contribution in [0.25, 0.3) is 0 Å². The molecule has 1 aromatic carbocycles. The molecule has 0 spiro atoms. The maximum absolute atomic E-state index is 12.5. The highest BCUT2D eigenvalue weighted by atomic mass is 35.5. The number of amides is 2. The number of rotatable bonds is 7. The van der Waals surface area contributed by atoms with Crippen molar-refractivity contribution < 1.29 is 9.59 Å². The van der Waals surface area contributed by atoms with Crippen molar-refractivity contribution in [2.45, 2.75) is 44.1 Å². The maximum atomic E-state index is 12.5. The first kappa shape index (κ1) is 23.2. The first-order valence-corrected chi connectivity index (χ1v) is 11.6. The summed E-state index contributed by atoms with van der Waals surface area (Å²) in [5, 5.41) is 15.5. The number of carbonyl (C=O) groups is 2. The molecule has 2 unspecified atom stereocenters. The van der Waals surface area contributed by atoms with Gasteiger partial charge in [0.25, 0.3) is 5.91 Å². The van der Waals surface area contributed by atoms with E-state index < -0.39 is 5.25 Å². The van der Waals surface area contributed by atoms with Crippen molar-refractivity contribution in [1.82, 2.24) is 25.1 Å². The fourth-order valence-corrected chi connectivity index (χ4v) is 4.46. The van der Waals surface area contributed by atoms with E-state index in [0.29, 0.717) is 26.7 Å². The minimum atomic E-state index is -0.403. The lowest BCUT2D eigenvalue weighted by Crippen LogP contribution is -2.28. The fourth-order valence-electron chi connectivity index (χ4n) is 2.70. The predicted molar refractivity (Wildman–Crippen MR) is 124 cm³/mol. The van der Waals surface area contributed by atoms with Crippen LogP contribution in [-0.2, 0) is 11.8 Å². The number of hydrogen-bond donors (Lipinski definition) is 2. The number of nitrogens with zero attached hydrogens (tertiary/aromatic N) is 4. The Morgan fingerprint density at radius 2 is 1.84 bits per heavy atom. The molecular weight excluding hydrogens is 456 g/mol. The third-order valence-corrected chi connectivity index (χ3v) is 6.99. The highest BCUT2D eigenvalue weighted by Gasteiger charge is 2.23. The van der Waals surface area contributed by atoms with Crippen LogP contribution in [-0.4, -0.2) is 36.8 Å². The van der Waals surface area contributed by atoms with Gasteiger partial charge in [0.05, 0.1) is 17.0 Å². The average Bonchev–Trinajstić information content (AvgIpc) is 3.23. The van der Waals surface area contributed by atoms with Crippen molar-refractivity contribution in [3.8, 4) is 0 Å². The normalized spacial score (nSPS) is 13.0. The van der Waals surface area contributed by atoms with Gasteiger partial charge in [0, 0.05) is 22.5 Å². The molecule has 2 heterocycles. The van der Waals surface area contributed by atoms with E-state index in [4.69, 9.17) is 11.6 Å². The van der Waals surface area contributed by atoms with Crippen LogP contribution in [0.5, 0.6) is 0 Å². The second-order valence-corrected chi connectivity index (χ2v) is 9.96. The number of hydrogen-bond acceptors (Lipinski definition) is 7. The quantitative estimate of drug-likeness (QED) is 0.494. The lowest BCUT2D eigenvalue weighted by atomic mass is 10.2. The van der Waals surface area contributed by atoms with Gasteiger partial charge in [0.15, 0.2) is 16.1 Å². The van der Waals surface area contributed by atoms with Crippen LogP contribution in [0.3, 0.4) is 0 Å². The Hall–Kier alpha value is -2.43. The van der Waals surface area contributed by atoms with Crippen molar-refractivity contribution in [3.63, 3.8) is 0 Å². The molecule has 3 aromatic rings. The van der Waals surface area contributed by atoms with Gasteiger partial charge in [0.1, 0.15) is 0 Å². The summed E-state index contributed by atoms with van der Waals surface area (Å²) in [6.07, 6.45) is 0. The zero-order valence-electron chi connectivity index (χ0n) is 17.8. The molecule has 2 N–H and O–H groups in total. The molecule has 0 aliphatic carbocycles. The average molecular weight is 479 g/mol. The summed E-state index contributed by atoms with van der Waals surface area (Å²) >= 11 is 8.61. The molecule has 0 aliphatic rings. The van der Waals surface area contributed by atoms with Crippen LogP contribution in [0, 0.1) is 13.8 Å². The second-order valence-electron chi connectivity index (χ2n) is 7.01. The third kappa shape index (κ3) is 5.63. The van der Waals surface area contributed by atoms with E-state index in [-0.39, 0.29) is 17.9 Å². The Morgan fingerprint density at radius 3 is 2.45 bits per heavy atom. The first-order valence-electron chi connectivity index (χ1n) is 9.53. The van der Waals surface area contributed by atoms with Gasteiger partial charge < -0.3 is 15.2 Å². The lowest BCUT2D eigenvalue weighted by molar-refractivity contribution is -0.115. The summed E-state index contributed by atoms with van der Waals surface area (Å²) in [6, 6.07) is 6.28. The van der Waals surface area contributed by atoms with Gasteiger partial charge in [-0.15, -0.1) is 21.5 Å². The van der Waals surface area contributed by atoms with Crippen LogP contribution in [0.4, 0.5) is 5.13 Å². The number of anilines is 1. The number of carbonyl (C=O) groups excluding carboxylic acids is 2. The molecule has 0 radical (unpaired) electrons. The van der Waals surface area contributed by atoms with Gasteiger partial charge in [-0.1, -0.05) is 23.4 Å². The Balaban J connectivity index is 1.62. The number of benzene rings is 1. The number of thioether (sulfide) groups is 1. The van der Waals surface area contributed by atoms with Crippen molar-refractivity contribution >= 4 is 51.6 Å². The molecule has 31 heavy (non-hydrogen) atoms. The molecule has 0 bridgehead atoms. The maximum Gasteiger partial charge on any atom is 0.251 e. The zero-order valence-corrected chi connectivity index (χ0v) is 20.2. The summed E-state index contributed by atoms with van der Waals surface area (Å²) in [4.78, 5) is 30.4. The van der Waals surface area contributed by atoms with Crippen LogP contribution >= 0.6 is 34.7 Å². The van der Waals surface area contributed by atoms with E-state index in [1.165, 1.54) is 23.1 Å². The molecular formula is C20H23ClN6O2S2. The first-order chi connectivity index (χ1) is 14.7. The van der Waals surface area contributed by atoms with Crippen LogP contribution in [0.2, 0.25) is 5.02 Å². The summed E-state index contributed by atoms with van der Waals surface area (Å²) < 4.78 is 1.78. The van der Waals surface area contributed by atoms with Crippen LogP contribution in [0.1, 0.15) is 46.6 Å². The van der Waals surface area contributed by atoms with E-state index in [1.807, 2.05) is 20.8 Å². The van der Waals surface area contributed by atoms with Crippen LogP contribution < -0.4 is 10.6 Å². The number of halogens is 1. The monoisotopic (exact) mass is 478 g/mol. The third-order valence-electron chi connectivity index (χ3n) is 4.62. The van der Waals surface area contributed by atoms with Gasteiger partial charge in [-0.2, -0.15) is 0 Å². The minimum absolute atomic E-state index is 0.160. The molecule has 2 amide bonds. The van der Waals surface area contributed by atoms with E-state index in [9.17, 15) is 9.59 Å². The van der Waals surface area contributed by atoms with E-state index in [1.54, 1.807) is 42.8 Å². The highest BCUT2D eigenvalue weighted by Crippen LogP contribution is 2.26. The summed E-state index contributed by atoms with van der Waals surface area (Å²) in [5.74, 6) is 0.194. The van der Waals surface area contributed by atoms with Gasteiger partial charge in [-0.05, 0) is 52.0 Å². The van der Waals surface area contributed by atoms with E-state index >= 15 is 0 Å². The molecule has 0 saturated heterocycles. The SMILES string of the molecule is Cc1nc(NC(=O)C(C)Sc2nnc(C(C)NC(=O)c3ccc(Cl)cc3)n2C)sc1C. The molecule has 2 aromatic heterocycles. The Labute approximate surface area is 193 Å². The molecule has 0 aliphatic heterocycles. The summed E-state index contributed by atoms with van der Waals surface area (Å²) in [7, 11) is 1.81. The van der Waals surface area contributed by atoms with E-state index in [0.717, 1.165) is 10.6 Å². The molecule has 3 rings (SSSR count). The minimum Gasteiger partial charge on any atom is -0.342 e. The smallest absolute Gasteiger partial charge is 0.251 e. The lowest BCUT2D eigenvalue weighted by Gasteiger charge is -2.14. The Kier molecular flexibility index (Phi) is 7.34. The number of thiazole rings is 1. The Morgan fingerprint density at radius 1 is 1.16 bits per heavy atom. The standard InChI is InChI=1S/C20H23ClN6O2S2/c1-10-12(3)30-19(23-10)24-17(28)13(4)31-20-26-25-16(27(20)5)11(2)22-18(29)14-6-8-15(21)9-7-14/h6-9,11,13H,1-5H3,(H,22,29)(H,23,24,28). The van der Waals surface area contributed by atoms with Crippen molar-refractivity contribution in [2.24, 2.45) is 7.05 Å². The molecule has 0 fully saturated rings. The predicted octanol–water partition coefficient (Wildman–Crippen LogP) is 4.15. The molecule has 0 saturated carbocycles. The summed E-state index contributed by atoms with van der Waals surface area (Å²) in [5.41, 5.74) is 1.42. The largest absolute Gasteiger partial charge is 0.342 e. The zero-order chi connectivity index (χ0) is 22.7. The number of nitrogens with one attached hydrogen (secondary N) is 2. The Bertz CT molecular complexity index is 1080. The van der Waals surface area contributed by atoms with Gasteiger partial charge in [0.2, 0.25) is 5.91 Å². The fraction of sp³-hybridized carbons (Fsp3) is 0.350. The van der Waals surface area contributed by atoms with Gasteiger partial charge in [-0.3, -0.25) is 9.59 Å². The number of aryl methyl sites for hydroxylation is 2. The number of aromatic nitrogens is 4. The van der Waals surface area contributed by atoms with Gasteiger partial charge in [-0.25, -0.2) is 4.98 Å². The molecule has 2 atom stereocenters. The summed E-state index contributed by atoms with van der Waals surface area (Å²) in [6.45, 7) is 7.51. The van der Waals surface area contributed by atoms with Gasteiger partial charge >= 0.3 is 0 Å². The van der Waals surface area contributed by atoms with Crippen molar-refractivity contribution in [1.29, 1.82) is 0 Å².